The highest BCUT2D eigenvalue weighted by Crippen LogP contribution is 2.09. The first-order valence-corrected chi connectivity index (χ1v) is 5.47. The van der Waals surface area contributed by atoms with Gasteiger partial charge < -0.3 is 4.98 Å². The molecule has 0 spiro atoms. The molecular weight excluding hydrogens is 198 g/mol. The van der Waals surface area contributed by atoms with Crippen LogP contribution in [0.25, 0.3) is 0 Å². The largest absolute Gasteiger partial charge is 0.367 e. The Morgan fingerprint density at radius 2 is 2.19 bits per heavy atom. The molecule has 0 aliphatic heterocycles. The molecule has 1 N–H and O–H groups in total. The topological polar surface area (TPSA) is 32.9 Å². The van der Waals surface area contributed by atoms with Gasteiger partial charge in [-0.2, -0.15) is 0 Å². The molecule has 2 heteroatoms. The fraction of sp³-hybridized carbons (Fsp3) is 0.214. The Bertz CT molecular complexity index is 471. The molecule has 0 saturated carbocycles. The van der Waals surface area contributed by atoms with Gasteiger partial charge in [0, 0.05) is 24.4 Å². The lowest BCUT2D eigenvalue weighted by molar-refractivity contribution is 0.0983. The first-order valence-electron chi connectivity index (χ1n) is 5.47. The van der Waals surface area contributed by atoms with Gasteiger partial charge in [0.1, 0.15) is 0 Å². The Morgan fingerprint density at radius 1 is 1.31 bits per heavy atom. The van der Waals surface area contributed by atoms with Crippen LogP contribution >= 0.6 is 0 Å². The van der Waals surface area contributed by atoms with E-state index in [9.17, 15) is 4.79 Å². The second-order valence-corrected chi connectivity index (χ2v) is 4.01. The van der Waals surface area contributed by atoms with Gasteiger partial charge >= 0.3 is 0 Å². The van der Waals surface area contributed by atoms with Crippen LogP contribution in [0.15, 0.2) is 42.7 Å². The summed E-state index contributed by atoms with van der Waals surface area (Å²) in [6, 6.07) is 10.1. The smallest absolute Gasteiger partial charge is 0.164 e. The minimum absolute atomic E-state index is 0.197. The SMILES string of the molecule is Cc1cccc(CCC(=O)c2cc[nH]c2)c1. The van der Waals surface area contributed by atoms with E-state index in [1.807, 2.05) is 12.1 Å². The fourth-order valence-electron chi connectivity index (χ4n) is 1.77. The molecule has 0 bridgehead atoms. The van der Waals surface area contributed by atoms with Crippen LogP contribution in [0.4, 0.5) is 0 Å². The molecule has 0 aliphatic rings. The van der Waals surface area contributed by atoms with Gasteiger partial charge in [-0.15, -0.1) is 0 Å². The van der Waals surface area contributed by atoms with Gasteiger partial charge in [-0.05, 0) is 25.0 Å². The van der Waals surface area contributed by atoms with Gasteiger partial charge in [-0.1, -0.05) is 29.8 Å². The number of benzene rings is 1. The van der Waals surface area contributed by atoms with Gasteiger partial charge in [-0.3, -0.25) is 4.79 Å². The van der Waals surface area contributed by atoms with Gasteiger partial charge in [0.05, 0.1) is 0 Å². The Labute approximate surface area is 95.3 Å². The molecule has 0 amide bonds. The van der Waals surface area contributed by atoms with Crippen molar-refractivity contribution in [2.45, 2.75) is 19.8 Å². The van der Waals surface area contributed by atoms with E-state index in [0.29, 0.717) is 6.42 Å². The van der Waals surface area contributed by atoms with E-state index in [4.69, 9.17) is 0 Å². The molecule has 0 unspecified atom stereocenters. The molecule has 1 aromatic heterocycles. The number of aromatic nitrogens is 1. The first kappa shape index (κ1) is 10.7. The number of aryl methyl sites for hydroxylation is 2. The van der Waals surface area contributed by atoms with Crippen molar-refractivity contribution < 1.29 is 4.79 Å². The summed E-state index contributed by atoms with van der Waals surface area (Å²) < 4.78 is 0. The summed E-state index contributed by atoms with van der Waals surface area (Å²) in [7, 11) is 0. The number of ketones is 1. The molecule has 1 aromatic carbocycles. The van der Waals surface area contributed by atoms with E-state index in [-0.39, 0.29) is 5.78 Å². The number of aromatic amines is 1. The molecule has 2 rings (SSSR count). The highest BCUT2D eigenvalue weighted by molar-refractivity contribution is 5.95. The minimum atomic E-state index is 0.197. The van der Waals surface area contributed by atoms with Crippen LogP contribution in [0.2, 0.25) is 0 Å². The number of hydrogen-bond donors (Lipinski definition) is 1. The van der Waals surface area contributed by atoms with Crippen molar-refractivity contribution in [1.82, 2.24) is 4.98 Å². The zero-order valence-corrected chi connectivity index (χ0v) is 9.36. The third kappa shape index (κ3) is 2.60. The van der Waals surface area contributed by atoms with Crippen molar-refractivity contribution in [3.63, 3.8) is 0 Å². The number of hydrogen-bond acceptors (Lipinski definition) is 1. The number of carbonyl (C=O) groups excluding carboxylic acids is 1. The Kier molecular flexibility index (Phi) is 3.20. The number of nitrogens with one attached hydrogen (secondary N) is 1. The van der Waals surface area contributed by atoms with Crippen molar-refractivity contribution >= 4 is 5.78 Å². The van der Waals surface area contributed by atoms with E-state index >= 15 is 0 Å². The maximum atomic E-state index is 11.7. The van der Waals surface area contributed by atoms with E-state index in [1.54, 1.807) is 12.4 Å². The minimum Gasteiger partial charge on any atom is -0.367 e. The summed E-state index contributed by atoms with van der Waals surface area (Å²) in [6.07, 6.45) is 4.91. The van der Waals surface area contributed by atoms with Crippen molar-refractivity contribution in [2.75, 3.05) is 0 Å². The summed E-state index contributed by atoms with van der Waals surface area (Å²) in [5.41, 5.74) is 3.24. The van der Waals surface area contributed by atoms with Crippen LogP contribution in [-0.4, -0.2) is 10.8 Å². The van der Waals surface area contributed by atoms with Crippen molar-refractivity contribution in [1.29, 1.82) is 0 Å². The zero-order valence-electron chi connectivity index (χ0n) is 9.36. The van der Waals surface area contributed by atoms with Crippen molar-refractivity contribution in [2.24, 2.45) is 0 Å². The summed E-state index contributed by atoms with van der Waals surface area (Å²) in [6.45, 7) is 2.07. The van der Waals surface area contributed by atoms with Crippen LogP contribution < -0.4 is 0 Å². The van der Waals surface area contributed by atoms with Gasteiger partial charge in [0.15, 0.2) is 5.78 Å². The number of H-pyrrole nitrogens is 1. The van der Waals surface area contributed by atoms with E-state index in [1.165, 1.54) is 11.1 Å². The third-order valence-corrected chi connectivity index (χ3v) is 2.64. The molecule has 0 fully saturated rings. The second-order valence-electron chi connectivity index (χ2n) is 4.01. The van der Waals surface area contributed by atoms with Crippen molar-refractivity contribution in [3.05, 3.63) is 59.4 Å². The van der Waals surface area contributed by atoms with Crippen LogP contribution in [0.5, 0.6) is 0 Å². The molecule has 0 atom stereocenters. The van der Waals surface area contributed by atoms with Crippen LogP contribution in [0.1, 0.15) is 27.9 Å². The lowest BCUT2D eigenvalue weighted by Gasteiger charge is -2.01. The Hall–Kier alpha value is -1.83. The number of carbonyl (C=O) groups is 1. The molecule has 0 aliphatic carbocycles. The Balaban J connectivity index is 1.95. The molecular formula is C14H15NO. The van der Waals surface area contributed by atoms with E-state index < -0.39 is 0 Å². The maximum Gasteiger partial charge on any atom is 0.164 e. The Morgan fingerprint density at radius 3 is 2.88 bits per heavy atom. The normalized spacial score (nSPS) is 10.3. The maximum absolute atomic E-state index is 11.7. The molecule has 82 valence electrons. The van der Waals surface area contributed by atoms with Gasteiger partial charge in [0.2, 0.25) is 0 Å². The predicted octanol–water partition coefficient (Wildman–Crippen LogP) is 3.14. The third-order valence-electron chi connectivity index (χ3n) is 2.64. The summed E-state index contributed by atoms with van der Waals surface area (Å²) >= 11 is 0. The molecule has 2 nitrogen and oxygen atoms in total. The monoisotopic (exact) mass is 213 g/mol. The molecule has 0 saturated heterocycles. The van der Waals surface area contributed by atoms with Crippen LogP contribution in [0.3, 0.4) is 0 Å². The van der Waals surface area contributed by atoms with Crippen molar-refractivity contribution in [3.8, 4) is 0 Å². The summed E-state index contributed by atoms with van der Waals surface area (Å²) in [4.78, 5) is 14.6. The highest BCUT2D eigenvalue weighted by atomic mass is 16.1. The lowest BCUT2D eigenvalue weighted by atomic mass is 10.0. The standard InChI is InChI=1S/C14H15NO/c1-11-3-2-4-12(9-11)5-6-14(16)13-7-8-15-10-13/h2-4,7-10,15H,5-6H2,1H3. The molecule has 16 heavy (non-hydrogen) atoms. The zero-order chi connectivity index (χ0) is 11.4. The number of Topliss-reactive ketones (excluding diaryl/α,β-unsaturated/α-hetero) is 1. The summed E-state index contributed by atoms with van der Waals surface area (Å²) in [5.74, 6) is 0.197. The van der Waals surface area contributed by atoms with Gasteiger partial charge in [0.25, 0.3) is 0 Å². The molecule has 0 radical (unpaired) electrons. The molecule has 1 heterocycles. The average molecular weight is 213 g/mol. The van der Waals surface area contributed by atoms with Crippen LogP contribution in [0, 0.1) is 6.92 Å². The average Bonchev–Trinajstić information content (AvgIpc) is 2.79. The lowest BCUT2D eigenvalue weighted by Crippen LogP contribution is -1.99. The highest BCUT2D eigenvalue weighted by Gasteiger charge is 2.05. The molecule has 2 aromatic rings. The van der Waals surface area contributed by atoms with Gasteiger partial charge in [-0.25, -0.2) is 0 Å². The quantitative estimate of drug-likeness (QED) is 0.777. The fourth-order valence-corrected chi connectivity index (χ4v) is 1.77. The summed E-state index contributed by atoms with van der Waals surface area (Å²) in [5, 5.41) is 0. The number of rotatable bonds is 4. The van der Waals surface area contributed by atoms with E-state index in [0.717, 1.165) is 12.0 Å². The first-order chi connectivity index (χ1) is 7.75. The second kappa shape index (κ2) is 4.79. The predicted molar refractivity (Wildman–Crippen MR) is 64.6 cm³/mol. The van der Waals surface area contributed by atoms with E-state index in [2.05, 4.69) is 30.1 Å². The van der Waals surface area contributed by atoms with Crippen LogP contribution in [-0.2, 0) is 6.42 Å².